The Labute approximate surface area is 149 Å². The van der Waals surface area contributed by atoms with E-state index in [1.807, 2.05) is 6.07 Å². The highest BCUT2D eigenvalue weighted by molar-refractivity contribution is 5.96. The van der Waals surface area contributed by atoms with E-state index in [1.54, 1.807) is 0 Å². The van der Waals surface area contributed by atoms with E-state index in [-0.39, 0.29) is 11.3 Å². The van der Waals surface area contributed by atoms with E-state index in [9.17, 15) is 4.79 Å². The van der Waals surface area contributed by atoms with Crippen LogP contribution in [0, 0.1) is 23.2 Å². The molecule has 4 nitrogen and oxygen atoms in total. The van der Waals surface area contributed by atoms with Gasteiger partial charge in [-0.15, -0.1) is 0 Å². The van der Waals surface area contributed by atoms with Crippen molar-refractivity contribution in [3.63, 3.8) is 0 Å². The highest BCUT2D eigenvalue weighted by Crippen LogP contribution is 2.60. The molecule has 4 heteroatoms. The molecule has 134 valence electrons. The van der Waals surface area contributed by atoms with Crippen LogP contribution >= 0.6 is 0 Å². The number of rotatable bonds is 3. The number of nitrogens with zero attached hydrogens (tertiary/aromatic N) is 1. The average Bonchev–Trinajstić information content (AvgIpc) is 2.61. The Morgan fingerprint density at radius 3 is 2.32 bits per heavy atom. The van der Waals surface area contributed by atoms with Crippen molar-refractivity contribution in [3.8, 4) is 0 Å². The molecule has 0 radical (unpaired) electrons. The fraction of sp³-hybridized carbons (Fsp3) is 0.667. The van der Waals surface area contributed by atoms with Gasteiger partial charge in [0, 0.05) is 24.5 Å². The first-order valence-electron chi connectivity index (χ1n) is 9.94. The van der Waals surface area contributed by atoms with Crippen LogP contribution in [0.3, 0.4) is 0 Å². The molecule has 0 aromatic heterocycles. The van der Waals surface area contributed by atoms with E-state index in [0.717, 1.165) is 69.0 Å². The van der Waals surface area contributed by atoms with Gasteiger partial charge < -0.3 is 15.0 Å². The lowest BCUT2D eigenvalue weighted by atomic mass is 9.49. The van der Waals surface area contributed by atoms with E-state index >= 15 is 0 Å². The molecule has 1 aliphatic heterocycles. The molecule has 0 atom stereocenters. The van der Waals surface area contributed by atoms with Gasteiger partial charge in [0.25, 0.3) is 0 Å². The minimum atomic E-state index is -0.0796. The smallest absolute Gasteiger partial charge is 0.230 e. The summed E-state index contributed by atoms with van der Waals surface area (Å²) in [6.45, 7) is 3.41. The summed E-state index contributed by atoms with van der Waals surface area (Å²) in [7, 11) is 0. The lowest BCUT2D eigenvalue weighted by Gasteiger charge is -2.55. The molecule has 25 heavy (non-hydrogen) atoms. The van der Waals surface area contributed by atoms with Gasteiger partial charge in [-0.25, -0.2) is 0 Å². The summed E-state index contributed by atoms with van der Waals surface area (Å²) in [6, 6.07) is 8.35. The van der Waals surface area contributed by atoms with Gasteiger partial charge in [-0.05, 0) is 74.5 Å². The first-order chi connectivity index (χ1) is 12.2. The highest BCUT2D eigenvalue weighted by Gasteiger charge is 2.54. The molecule has 6 rings (SSSR count). The van der Waals surface area contributed by atoms with Gasteiger partial charge in [0.2, 0.25) is 5.91 Å². The third kappa shape index (κ3) is 2.84. The third-order valence-electron chi connectivity index (χ3n) is 7.00. The lowest BCUT2D eigenvalue weighted by molar-refractivity contribution is -0.140. The van der Waals surface area contributed by atoms with Gasteiger partial charge in [-0.2, -0.15) is 0 Å². The summed E-state index contributed by atoms with van der Waals surface area (Å²) in [4.78, 5) is 15.5. The van der Waals surface area contributed by atoms with Crippen LogP contribution in [0.2, 0.25) is 0 Å². The van der Waals surface area contributed by atoms with E-state index in [4.69, 9.17) is 4.74 Å². The van der Waals surface area contributed by atoms with Crippen LogP contribution in [0.15, 0.2) is 24.3 Å². The van der Waals surface area contributed by atoms with E-state index < -0.39 is 0 Å². The monoisotopic (exact) mass is 340 g/mol. The van der Waals surface area contributed by atoms with Gasteiger partial charge in [0.05, 0.1) is 18.6 Å². The SMILES string of the molecule is O=C(Nc1cccc(N2CCOCC2)c1)C12CC3CC(CC(C3)C1)C2. The van der Waals surface area contributed by atoms with Gasteiger partial charge >= 0.3 is 0 Å². The summed E-state index contributed by atoms with van der Waals surface area (Å²) in [5.41, 5.74) is 2.06. The number of nitrogens with one attached hydrogen (secondary N) is 1. The Morgan fingerprint density at radius 2 is 1.68 bits per heavy atom. The number of hydrogen-bond acceptors (Lipinski definition) is 3. The molecule has 1 amide bonds. The molecule has 1 aromatic rings. The summed E-state index contributed by atoms with van der Waals surface area (Å²) < 4.78 is 5.44. The largest absolute Gasteiger partial charge is 0.378 e. The number of anilines is 2. The Morgan fingerprint density at radius 1 is 1.04 bits per heavy atom. The molecule has 4 aliphatic carbocycles. The Balaban J connectivity index is 1.33. The van der Waals surface area contributed by atoms with Crippen LogP contribution in [-0.2, 0) is 9.53 Å². The van der Waals surface area contributed by atoms with Crippen LogP contribution in [-0.4, -0.2) is 32.2 Å². The van der Waals surface area contributed by atoms with Crippen LogP contribution in [0.4, 0.5) is 11.4 Å². The molecule has 4 saturated carbocycles. The van der Waals surface area contributed by atoms with Crippen molar-refractivity contribution in [1.82, 2.24) is 0 Å². The van der Waals surface area contributed by atoms with Gasteiger partial charge in [-0.3, -0.25) is 4.79 Å². The predicted octanol–water partition coefficient (Wildman–Crippen LogP) is 3.68. The summed E-state index contributed by atoms with van der Waals surface area (Å²) in [6.07, 6.45) is 7.48. The number of benzene rings is 1. The normalized spacial score (nSPS) is 36.5. The molecular weight excluding hydrogens is 312 g/mol. The second kappa shape index (κ2) is 6.01. The fourth-order valence-corrected chi connectivity index (χ4v) is 6.25. The molecule has 1 N–H and O–H groups in total. The van der Waals surface area contributed by atoms with Crippen molar-refractivity contribution >= 4 is 17.3 Å². The van der Waals surface area contributed by atoms with Crippen molar-refractivity contribution in [1.29, 1.82) is 0 Å². The van der Waals surface area contributed by atoms with Crippen LogP contribution in [0.1, 0.15) is 38.5 Å². The van der Waals surface area contributed by atoms with Crippen molar-refractivity contribution in [3.05, 3.63) is 24.3 Å². The van der Waals surface area contributed by atoms with Gasteiger partial charge in [0.15, 0.2) is 0 Å². The quantitative estimate of drug-likeness (QED) is 0.913. The molecule has 5 fully saturated rings. The maximum Gasteiger partial charge on any atom is 0.230 e. The number of hydrogen-bond donors (Lipinski definition) is 1. The summed E-state index contributed by atoms with van der Waals surface area (Å²) in [5, 5.41) is 3.28. The zero-order chi connectivity index (χ0) is 16.9. The maximum atomic E-state index is 13.2. The molecule has 1 saturated heterocycles. The molecule has 0 unspecified atom stereocenters. The van der Waals surface area contributed by atoms with Crippen molar-refractivity contribution in [2.75, 3.05) is 36.5 Å². The lowest BCUT2D eigenvalue weighted by Crippen LogP contribution is -2.51. The van der Waals surface area contributed by atoms with Gasteiger partial charge in [-0.1, -0.05) is 6.07 Å². The summed E-state index contributed by atoms with van der Waals surface area (Å²) >= 11 is 0. The second-order valence-electron chi connectivity index (χ2n) is 8.80. The van der Waals surface area contributed by atoms with Crippen molar-refractivity contribution in [2.24, 2.45) is 23.2 Å². The zero-order valence-electron chi connectivity index (χ0n) is 14.9. The first-order valence-corrected chi connectivity index (χ1v) is 9.94. The number of morpholine rings is 1. The number of ether oxygens (including phenoxy) is 1. The average molecular weight is 340 g/mol. The topological polar surface area (TPSA) is 41.6 Å². The fourth-order valence-electron chi connectivity index (χ4n) is 6.25. The van der Waals surface area contributed by atoms with E-state index in [1.165, 1.54) is 24.9 Å². The second-order valence-corrected chi connectivity index (χ2v) is 8.80. The van der Waals surface area contributed by atoms with Crippen LogP contribution in [0.25, 0.3) is 0 Å². The third-order valence-corrected chi connectivity index (χ3v) is 7.00. The van der Waals surface area contributed by atoms with Crippen molar-refractivity contribution < 1.29 is 9.53 Å². The minimum Gasteiger partial charge on any atom is -0.378 e. The standard InChI is InChI=1S/C21H28N2O2/c24-20(21-12-15-8-16(13-21)10-17(9-15)14-21)22-18-2-1-3-19(11-18)23-4-6-25-7-5-23/h1-3,11,15-17H,4-10,12-14H2,(H,22,24). The van der Waals surface area contributed by atoms with E-state index in [2.05, 4.69) is 28.4 Å². The predicted molar refractivity (Wildman–Crippen MR) is 98.7 cm³/mol. The van der Waals surface area contributed by atoms with Crippen LogP contribution in [0.5, 0.6) is 0 Å². The van der Waals surface area contributed by atoms with Gasteiger partial charge in [0.1, 0.15) is 0 Å². The molecule has 1 aromatic carbocycles. The molecule has 4 bridgehead atoms. The number of carbonyl (C=O) groups is 1. The zero-order valence-corrected chi connectivity index (χ0v) is 14.9. The van der Waals surface area contributed by atoms with Crippen molar-refractivity contribution in [2.45, 2.75) is 38.5 Å². The summed E-state index contributed by atoms with van der Waals surface area (Å²) in [5.74, 6) is 2.69. The Hall–Kier alpha value is -1.55. The highest BCUT2D eigenvalue weighted by atomic mass is 16.5. The Kier molecular flexibility index (Phi) is 3.77. The molecule has 1 heterocycles. The first kappa shape index (κ1) is 15.7. The van der Waals surface area contributed by atoms with E-state index in [0.29, 0.717) is 0 Å². The van der Waals surface area contributed by atoms with Crippen LogP contribution < -0.4 is 10.2 Å². The molecule has 0 spiro atoms. The number of amides is 1. The number of carbonyl (C=O) groups excluding carboxylic acids is 1. The molecule has 5 aliphatic rings. The Bertz CT molecular complexity index is 630. The minimum absolute atomic E-state index is 0.0796. The maximum absolute atomic E-state index is 13.2. The molecular formula is C21H28N2O2.